The molecule has 2 aromatic rings. The van der Waals surface area contributed by atoms with E-state index in [1.807, 2.05) is 62.7 Å². The lowest BCUT2D eigenvalue weighted by Crippen LogP contribution is -2.47. The van der Waals surface area contributed by atoms with Crippen molar-refractivity contribution in [3.05, 3.63) is 47.3 Å². The Hall–Kier alpha value is -2.34. The second-order valence-corrected chi connectivity index (χ2v) is 7.02. The number of hydrogen-bond donors (Lipinski definition) is 3. The van der Waals surface area contributed by atoms with Gasteiger partial charge in [0.05, 0.1) is 17.0 Å². The van der Waals surface area contributed by atoms with Crippen LogP contribution in [-0.4, -0.2) is 33.1 Å². The molecule has 0 aliphatic carbocycles. The topological polar surface area (TPSA) is 79.2 Å². The maximum absolute atomic E-state index is 12.0. The van der Waals surface area contributed by atoms with Crippen molar-refractivity contribution < 1.29 is 9.90 Å². The number of aryl methyl sites for hydroxylation is 2. The summed E-state index contributed by atoms with van der Waals surface area (Å²) >= 11 is 0. The first-order valence-corrected chi connectivity index (χ1v) is 8.56. The zero-order valence-corrected chi connectivity index (χ0v) is 15.6. The predicted octanol–water partition coefficient (Wildman–Crippen LogP) is 2.70. The molecule has 2 amide bonds. The standard InChI is InChI=1S/C19H28N4O2/c1-13(2)19(5,25)12-21-18(24)20-11-16-8-6-7-9-17(16)23-15(4)10-14(3)22-23/h6-10,13,25H,11-12H2,1-5H3,(H2,20,21,24). The molecule has 0 fully saturated rings. The van der Waals surface area contributed by atoms with Crippen LogP contribution in [0.4, 0.5) is 4.79 Å². The van der Waals surface area contributed by atoms with E-state index in [-0.39, 0.29) is 18.5 Å². The Balaban J connectivity index is 2.02. The molecule has 0 saturated carbocycles. The number of benzene rings is 1. The summed E-state index contributed by atoms with van der Waals surface area (Å²) in [6.45, 7) is 10.1. The van der Waals surface area contributed by atoms with Gasteiger partial charge in [-0.05, 0) is 44.4 Å². The molecule has 1 heterocycles. The third-order valence-electron chi connectivity index (χ3n) is 4.52. The van der Waals surface area contributed by atoms with E-state index >= 15 is 0 Å². The fourth-order valence-corrected chi connectivity index (χ4v) is 2.44. The predicted molar refractivity (Wildman–Crippen MR) is 98.7 cm³/mol. The van der Waals surface area contributed by atoms with Crippen LogP contribution in [0.2, 0.25) is 0 Å². The van der Waals surface area contributed by atoms with Crippen LogP contribution in [0, 0.1) is 19.8 Å². The van der Waals surface area contributed by atoms with Gasteiger partial charge in [0.1, 0.15) is 0 Å². The smallest absolute Gasteiger partial charge is 0.315 e. The summed E-state index contributed by atoms with van der Waals surface area (Å²) in [4.78, 5) is 12.0. The first-order valence-electron chi connectivity index (χ1n) is 8.56. The molecule has 0 aliphatic heterocycles. The van der Waals surface area contributed by atoms with E-state index in [1.54, 1.807) is 6.92 Å². The first-order chi connectivity index (χ1) is 11.7. The van der Waals surface area contributed by atoms with Crippen LogP contribution < -0.4 is 10.6 Å². The Morgan fingerprint density at radius 3 is 2.56 bits per heavy atom. The minimum Gasteiger partial charge on any atom is -0.388 e. The summed E-state index contributed by atoms with van der Waals surface area (Å²) in [6, 6.07) is 9.56. The van der Waals surface area contributed by atoms with E-state index in [1.165, 1.54) is 0 Å². The van der Waals surface area contributed by atoms with E-state index in [4.69, 9.17) is 0 Å². The molecular weight excluding hydrogens is 316 g/mol. The van der Waals surface area contributed by atoms with Crippen LogP contribution in [0.15, 0.2) is 30.3 Å². The van der Waals surface area contributed by atoms with Crippen molar-refractivity contribution in [1.29, 1.82) is 0 Å². The minimum atomic E-state index is -0.932. The van der Waals surface area contributed by atoms with E-state index in [0.717, 1.165) is 22.6 Å². The summed E-state index contributed by atoms with van der Waals surface area (Å²) in [5, 5.41) is 20.3. The maximum atomic E-state index is 12.0. The lowest BCUT2D eigenvalue weighted by Gasteiger charge is -2.27. The molecular formula is C19H28N4O2. The molecule has 2 rings (SSSR count). The zero-order chi connectivity index (χ0) is 18.6. The highest BCUT2D eigenvalue weighted by Gasteiger charge is 2.25. The summed E-state index contributed by atoms with van der Waals surface area (Å²) in [5.74, 6) is 0.0551. The molecule has 0 bridgehead atoms. The number of nitrogens with one attached hydrogen (secondary N) is 2. The number of carbonyl (C=O) groups is 1. The van der Waals surface area contributed by atoms with Crippen molar-refractivity contribution in [2.24, 2.45) is 5.92 Å². The van der Waals surface area contributed by atoms with Gasteiger partial charge in [-0.3, -0.25) is 0 Å². The van der Waals surface area contributed by atoms with Crippen LogP contribution in [0.25, 0.3) is 5.69 Å². The first kappa shape index (κ1) is 19.0. The van der Waals surface area contributed by atoms with Crippen LogP contribution >= 0.6 is 0 Å². The molecule has 1 atom stereocenters. The Morgan fingerprint density at radius 2 is 1.96 bits per heavy atom. The van der Waals surface area contributed by atoms with Crippen molar-refractivity contribution in [3.8, 4) is 5.69 Å². The van der Waals surface area contributed by atoms with E-state index in [2.05, 4.69) is 15.7 Å². The molecule has 25 heavy (non-hydrogen) atoms. The lowest BCUT2D eigenvalue weighted by atomic mass is 9.93. The molecule has 0 spiro atoms. The number of amides is 2. The lowest BCUT2D eigenvalue weighted by molar-refractivity contribution is 0.0166. The summed E-state index contributed by atoms with van der Waals surface area (Å²) in [5.41, 5.74) is 2.98. The van der Waals surface area contributed by atoms with Gasteiger partial charge in [-0.25, -0.2) is 9.48 Å². The Kier molecular flexibility index (Phi) is 5.85. The van der Waals surface area contributed by atoms with Gasteiger partial charge in [-0.1, -0.05) is 32.0 Å². The molecule has 6 heteroatoms. The van der Waals surface area contributed by atoms with Crippen molar-refractivity contribution in [2.75, 3.05) is 6.54 Å². The van der Waals surface area contributed by atoms with Gasteiger partial charge in [0, 0.05) is 18.8 Å². The number of carbonyl (C=O) groups excluding carboxylic acids is 1. The fourth-order valence-electron chi connectivity index (χ4n) is 2.44. The average molecular weight is 344 g/mol. The molecule has 1 aromatic heterocycles. The number of aromatic nitrogens is 2. The van der Waals surface area contributed by atoms with Gasteiger partial charge in [-0.15, -0.1) is 0 Å². The molecule has 136 valence electrons. The molecule has 1 aromatic carbocycles. The van der Waals surface area contributed by atoms with Crippen molar-refractivity contribution in [2.45, 2.75) is 46.8 Å². The highest BCUT2D eigenvalue weighted by atomic mass is 16.3. The van der Waals surface area contributed by atoms with Gasteiger partial charge in [0.2, 0.25) is 0 Å². The Bertz CT molecular complexity index is 735. The average Bonchev–Trinajstić information content (AvgIpc) is 2.89. The quantitative estimate of drug-likeness (QED) is 0.754. The van der Waals surface area contributed by atoms with Crippen molar-refractivity contribution >= 4 is 6.03 Å². The number of aliphatic hydroxyl groups is 1. The van der Waals surface area contributed by atoms with E-state index in [0.29, 0.717) is 6.54 Å². The largest absolute Gasteiger partial charge is 0.388 e. The monoisotopic (exact) mass is 344 g/mol. The summed E-state index contributed by atoms with van der Waals surface area (Å²) in [7, 11) is 0. The number of nitrogens with zero attached hydrogens (tertiary/aromatic N) is 2. The molecule has 3 N–H and O–H groups in total. The van der Waals surface area contributed by atoms with Crippen LogP contribution in [0.1, 0.15) is 37.7 Å². The molecule has 0 radical (unpaired) electrons. The van der Waals surface area contributed by atoms with Gasteiger partial charge in [-0.2, -0.15) is 5.10 Å². The number of para-hydroxylation sites is 1. The van der Waals surface area contributed by atoms with E-state index < -0.39 is 5.60 Å². The van der Waals surface area contributed by atoms with Crippen LogP contribution in [0.5, 0.6) is 0 Å². The summed E-state index contributed by atoms with van der Waals surface area (Å²) < 4.78 is 1.88. The van der Waals surface area contributed by atoms with Gasteiger partial charge in [0.25, 0.3) is 0 Å². The second kappa shape index (κ2) is 7.70. The zero-order valence-electron chi connectivity index (χ0n) is 15.6. The third kappa shape index (κ3) is 4.82. The second-order valence-electron chi connectivity index (χ2n) is 7.02. The number of rotatable bonds is 6. The van der Waals surface area contributed by atoms with Crippen LogP contribution in [-0.2, 0) is 6.54 Å². The third-order valence-corrected chi connectivity index (χ3v) is 4.52. The molecule has 1 unspecified atom stereocenters. The normalized spacial score (nSPS) is 13.6. The van der Waals surface area contributed by atoms with Gasteiger partial charge >= 0.3 is 6.03 Å². The maximum Gasteiger partial charge on any atom is 0.315 e. The van der Waals surface area contributed by atoms with Gasteiger partial charge in [0.15, 0.2) is 0 Å². The molecule has 0 saturated heterocycles. The highest BCUT2D eigenvalue weighted by molar-refractivity contribution is 5.74. The minimum absolute atomic E-state index is 0.0551. The van der Waals surface area contributed by atoms with E-state index in [9.17, 15) is 9.90 Å². The highest BCUT2D eigenvalue weighted by Crippen LogP contribution is 2.17. The van der Waals surface area contributed by atoms with Gasteiger partial charge < -0.3 is 15.7 Å². The summed E-state index contributed by atoms with van der Waals surface area (Å²) in [6.07, 6.45) is 0. The SMILES string of the molecule is Cc1cc(C)n(-c2ccccc2CNC(=O)NCC(C)(O)C(C)C)n1. The Labute approximate surface area is 149 Å². The molecule has 0 aliphatic rings. The Morgan fingerprint density at radius 1 is 1.28 bits per heavy atom. The number of urea groups is 1. The van der Waals surface area contributed by atoms with Crippen LogP contribution in [0.3, 0.4) is 0 Å². The van der Waals surface area contributed by atoms with Crippen molar-refractivity contribution in [1.82, 2.24) is 20.4 Å². The molecule has 6 nitrogen and oxygen atoms in total. The fraction of sp³-hybridized carbons (Fsp3) is 0.474. The number of hydrogen-bond acceptors (Lipinski definition) is 3. The van der Waals surface area contributed by atoms with Crippen molar-refractivity contribution in [3.63, 3.8) is 0 Å².